The first-order valence-corrected chi connectivity index (χ1v) is 16.9. The molecule has 49 heavy (non-hydrogen) atoms. The van der Waals surface area contributed by atoms with Crippen LogP contribution in [0.2, 0.25) is 0 Å². The molecule has 0 aliphatic carbocycles. The summed E-state index contributed by atoms with van der Waals surface area (Å²) in [6.45, 7) is 9.86. The number of amides is 3. The minimum atomic E-state index is -0.871. The number of fused-ring (bicyclic) bond motifs is 3. The third-order valence-electron chi connectivity index (χ3n) is 8.02. The zero-order valence-corrected chi connectivity index (χ0v) is 29.4. The molecule has 2 aromatic rings. The van der Waals surface area contributed by atoms with Crippen LogP contribution in [-0.2, 0) is 25.5 Å². The molecule has 4 heterocycles. The van der Waals surface area contributed by atoms with E-state index in [4.69, 9.17) is 13.9 Å². The van der Waals surface area contributed by atoms with Crippen LogP contribution in [0.25, 0.3) is 0 Å². The topological polar surface area (TPSA) is 173 Å². The summed E-state index contributed by atoms with van der Waals surface area (Å²) in [5.74, 6) is -2.16. The van der Waals surface area contributed by atoms with Gasteiger partial charge in [0.2, 0.25) is 5.91 Å². The summed E-state index contributed by atoms with van der Waals surface area (Å²) >= 11 is 3.24. The zero-order valence-electron chi connectivity index (χ0n) is 27.8. The smallest absolute Gasteiger partial charge is 0.411 e. The van der Waals surface area contributed by atoms with Crippen LogP contribution in [0.15, 0.2) is 81.7 Å². The number of aliphatic hydroxyl groups is 1. The number of ether oxygens (including phenoxy) is 2. The number of oxazole rings is 1. The highest BCUT2D eigenvalue weighted by molar-refractivity contribution is 9.10. The molecule has 2 aromatic heterocycles. The highest BCUT2D eigenvalue weighted by Crippen LogP contribution is 2.26. The van der Waals surface area contributed by atoms with Crippen molar-refractivity contribution in [1.29, 1.82) is 0 Å². The van der Waals surface area contributed by atoms with Crippen LogP contribution in [0.4, 0.5) is 10.5 Å². The number of carbonyl (C=O) groups excluding carboxylic acids is 4. The molecule has 0 radical (unpaired) electrons. The van der Waals surface area contributed by atoms with Gasteiger partial charge in [0.05, 0.1) is 24.6 Å². The minimum absolute atomic E-state index is 0.0509. The average molecular weight is 741 g/mol. The van der Waals surface area contributed by atoms with Gasteiger partial charge < -0.3 is 29.2 Å². The highest BCUT2D eigenvalue weighted by Gasteiger charge is 2.39. The Labute approximate surface area is 293 Å². The van der Waals surface area contributed by atoms with Crippen molar-refractivity contribution in [3.8, 4) is 0 Å². The quantitative estimate of drug-likeness (QED) is 0.222. The maximum atomic E-state index is 13.7. The fourth-order valence-corrected chi connectivity index (χ4v) is 5.80. The lowest BCUT2D eigenvalue weighted by Crippen LogP contribution is -2.44. The van der Waals surface area contributed by atoms with Crippen molar-refractivity contribution in [2.45, 2.75) is 64.7 Å². The summed E-state index contributed by atoms with van der Waals surface area (Å²) in [7, 11) is 0. The lowest BCUT2D eigenvalue weighted by atomic mass is 9.93. The van der Waals surface area contributed by atoms with Gasteiger partial charge in [-0.25, -0.2) is 19.6 Å². The second kappa shape index (κ2) is 17.7. The summed E-state index contributed by atoms with van der Waals surface area (Å²) in [5, 5.41) is 15.9. The number of carbonyl (C=O) groups is 4. The molecule has 3 amide bonds. The number of anilines is 1. The maximum Gasteiger partial charge on any atom is 0.411 e. The van der Waals surface area contributed by atoms with Gasteiger partial charge in [-0.3, -0.25) is 14.9 Å². The van der Waals surface area contributed by atoms with Crippen molar-refractivity contribution < 1.29 is 38.2 Å². The number of esters is 1. The Bertz CT molecular complexity index is 1600. The Morgan fingerprint density at radius 2 is 2.08 bits per heavy atom. The van der Waals surface area contributed by atoms with E-state index in [2.05, 4.69) is 43.1 Å². The zero-order chi connectivity index (χ0) is 35.5. The number of aliphatic hydroxyl groups excluding tert-OH is 1. The first-order valence-electron chi connectivity index (χ1n) is 16.1. The molecule has 0 spiro atoms. The molecule has 5 atom stereocenters. The maximum absolute atomic E-state index is 13.7. The normalized spacial score (nSPS) is 26.0. The average Bonchev–Trinajstić information content (AvgIpc) is 3.74. The lowest BCUT2D eigenvalue weighted by molar-refractivity contribution is -0.159. The van der Waals surface area contributed by atoms with Crippen LogP contribution in [0.1, 0.15) is 56.4 Å². The third kappa shape index (κ3) is 11.2. The van der Waals surface area contributed by atoms with Gasteiger partial charge in [-0.15, -0.1) is 0 Å². The molecule has 1 saturated heterocycles. The Balaban J connectivity index is 1.54. The molecular formula is C35H42BrN5O8. The Hall–Kier alpha value is -4.56. The van der Waals surface area contributed by atoms with E-state index in [0.29, 0.717) is 35.3 Å². The molecule has 4 rings (SSSR count). The SMILES string of the molecule is C=C1Cc2nc(co2)C(=O)N2CCCC2C(=O)OC(C(C)COC(=O)Nc2ccc(Br)nc2)C(C)/C=C/C(=O)NC/C=C/C(C)=C/C(O)C1. The first kappa shape index (κ1) is 37.3. The number of cyclic esters (lactones) is 1. The number of hydrogen-bond acceptors (Lipinski definition) is 10. The second-order valence-corrected chi connectivity index (χ2v) is 13.0. The van der Waals surface area contributed by atoms with E-state index in [9.17, 15) is 24.3 Å². The number of nitrogens with one attached hydrogen (secondary N) is 2. The molecule has 0 saturated carbocycles. The first-order chi connectivity index (χ1) is 23.4. The summed E-state index contributed by atoms with van der Waals surface area (Å²) in [5.41, 5.74) is 1.94. The van der Waals surface area contributed by atoms with Crippen molar-refractivity contribution in [3.05, 3.63) is 88.9 Å². The molecular weight excluding hydrogens is 698 g/mol. The summed E-state index contributed by atoms with van der Waals surface area (Å²) in [6.07, 6.45) is 10.0. The number of nitrogens with zero attached hydrogens (tertiary/aromatic N) is 3. The molecule has 13 nitrogen and oxygen atoms in total. The van der Waals surface area contributed by atoms with E-state index in [1.54, 1.807) is 50.3 Å². The van der Waals surface area contributed by atoms with E-state index in [-0.39, 0.29) is 43.5 Å². The van der Waals surface area contributed by atoms with Crippen molar-refractivity contribution in [2.24, 2.45) is 11.8 Å². The molecule has 2 bridgehead atoms. The van der Waals surface area contributed by atoms with Crippen molar-refractivity contribution >= 4 is 45.5 Å². The van der Waals surface area contributed by atoms with E-state index in [1.165, 1.54) is 23.4 Å². The summed E-state index contributed by atoms with van der Waals surface area (Å²) in [4.78, 5) is 62.1. The van der Waals surface area contributed by atoms with Gasteiger partial charge in [-0.1, -0.05) is 55.9 Å². The number of allylic oxidation sites excluding steroid dienone is 2. The molecule has 2 aliphatic rings. The van der Waals surface area contributed by atoms with E-state index >= 15 is 0 Å². The van der Waals surface area contributed by atoms with Crippen LogP contribution in [0.5, 0.6) is 0 Å². The van der Waals surface area contributed by atoms with Crippen molar-refractivity contribution in [3.63, 3.8) is 0 Å². The molecule has 5 unspecified atom stereocenters. The fraction of sp³-hybridized carbons (Fsp3) is 0.429. The van der Waals surface area contributed by atoms with Gasteiger partial charge in [0.15, 0.2) is 11.6 Å². The lowest BCUT2D eigenvalue weighted by Gasteiger charge is -2.30. The largest absolute Gasteiger partial charge is 0.460 e. The molecule has 0 aromatic carbocycles. The molecule has 14 heteroatoms. The van der Waals surface area contributed by atoms with Gasteiger partial charge >= 0.3 is 12.1 Å². The third-order valence-corrected chi connectivity index (χ3v) is 8.49. The molecule has 2 aliphatic heterocycles. The van der Waals surface area contributed by atoms with E-state index in [0.717, 1.165) is 5.57 Å². The number of halogens is 1. The Morgan fingerprint density at radius 1 is 1.29 bits per heavy atom. The number of rotatable bonds is 4. The Kier molecular flexibility index (Phi) is 13.5. The van der Waals surface area contributed by atoms with Crippen LogP contribution in [-0.4, -0.2) is 81.8 Å². The standard InChI is InChI=1S/C35H42BrN5O8/c1-21-7-5-13-37-30(43)12-9-23(3)32(24(4)19-48-35(46)39-25-10-11-29(36)38-18-25)49-34(45)28-8-6-14-41(28)33(44)27-20-47-31(40-27)17-22(2)16-26(42)15-21/h5,7,9-12,15,18,20,23-24,26,28,32,42H,2,6,8,13-14,16-17,19H2,1,3-4H3,(H,37,43)(H,39,46)/b7-5+,12-9+,21-15+. The van der Waals surface area contributed by atoms with Crippen LogP contribution < -0.4 is 10.6 Å². The van der Waals surface area contributed by atoms with Crippen molar-refractivity contribution in [1.82, 2.24) is 20.2 Å². The summed E-state index contributed by atoms with van der Waals surface area (Å²) in [6, 6.07) is 2.46. The molecule has 1 fully saturated rings. The number of hydrogen-bond donors (Lipinski definition) is 3. The molecule has 262 valence electrons. The van der Waals surface area contributed by atoms with Gasteiger partial charge in [0, 0.05) is 31.3 Å². The highest BCUT2D eigenvalue weighted by atomic mass is 79.9. The molecule has 3 N–H and O–H groups in total. The summed E-state index contributed by atoms with van der Waals surface area (Å²) < 4.78 is 17.7. The predicted molar refractivity (Wildman–Crippen MR) is 184 cm³/mol. The van der Waals surface area contributed by atoms with Crippen LogP contribution in [0, 0.1) is 11.8 Å². The van der Waals surface area contributed by atoms with Crippen LogP contribution >= 0.6 is 15.9 Å². The van der Waals surface area contributed by atoms with Gasteiger partial charge in [-0.05, 0) is 60.3 Å². The van der Waals surface area contributed by atoms with Crippen molar-refractivity contribution in [2.75, 3.05) is 25.0 Å². The predicted octanol–water partition coefficient (Wildman–Crippen LogP) is 4.91. The minimum Gasteiger partial charge on any atom is -0.460 e. The van der Waals surface area contributed by atoms with Gasteiger partial charge in [0.25, 0.3) is 5.91 Å². The van der Waals surface area contributed by atoms with Crippen LogP contribution in [0.3, 0.4) is 0 Å². The van der Waals surface area contributed by atoms with Gasteiger partial charge in [-0.2, -0.15) is 0 Å². The Morgan fingerprint density at radius 3 is 2.84 bits per heavy atom. The fourth-order valence-electron chi connectivity index (χ4n) is 5.56. The van der Waals surface area contributed by atoms with E-state index in [1.807, 2.05) is 6.92 Å². The van der Waals surface area contributed by atoms with E-state index < -0.39 is 48.1 Å². The van der Waals surface area contributed by atoms with Gasteiger partial charge in [0.1, 0.15) is 23.0 Å². The number of aromatic nitrogens is 2. The number of pyridine rings is 1. The monoisotopic (exact) mass is 739 g/mol. The second-order valence-electron chi connectivity index (χ2n) is 12.2.